The molecule has 1 saturated heterocycles. The van der Waals surface area contributed by atoms with E-state index in [2.05, 4.69) is 4.98 Å². The Morgan fingerprint density at radius 3 is 2.24 bits per heavy atom. The zero-order chi connectivity index (χ0) is 20.4. The molecule has 1 fully saturated rings. The van der Waals surface area contributed by atoms with Gasteiger partial charge in [-0.3, -0.25) is 0 Å². The van der Waals surface area contributed by atoms with Gasteiger partial charge in [0.05, 0.1) is 4.90 Å². The van der Waals surface area contributed by atoms with E-state index in [0.29, 0.717) is 11.8 Å². The summed E-state index contributed by atoms with van der Waals surface area (Å²) in [6, 6.07) is 14.8. The van der Waals surface area contributed by atoms with Gasteiger partial charge in [-0.2, -0.15) is 4.98 Å². The Bertz CT molecular complexity index is 1080. The van der Waals surface area contributed by atoms with Crippen molar-refractivity contribution in [1.29, 1.82) is 0 Å². The van der Waals surface area contributed by atoms with Crippen LogP contribution in [0.2, 0.25) is 0 Å². The summed E-state index contributed by atoms with van der Waals surface area (Å²) in [4.78, 5) is 6.74. The molecule has 0 radical (unpaired) electrons. The second-order valence-electron chi connectivity index (χ2n) is 7.54. The first-order chi connectivity index (χ1) is 14.0. The van der Waals surface area contributed by atoms with Crippen molar-refractivity contribution in [2.45, 2.75) is 49.5 Å². The Labute approximate surface area is 172 Å². The van der Waals surface area contributed by atoms with Gasteiger partial charge in [0.2, 0.25) is 26.6 Å². The van der Waals surface area contributed by atoms with Gasteiger partial charge in [-0.1, -0.05) is 36.8 Å². The van der Waals surface area contributed by atoms with Crippen molar-refractivity contribution in [3.8, 4) is 11.5 Å². The molecule has 2 aromatic carbocycles. The van der Waals surface area contributed by atoms with E-state index >= 15 is 0 Å². The Morgan fingerprint density at radius 1 is 0.966 bits per heavy atom. The van der Waals surface area contributed by atoms with Crippen molar-refractivity contribution >= 4 is 15.7 Å². The minimum atomic E-state index is -3.79. The van der Waals surface area contributed by atoms with Crippen LogP contribution in [0.1, 0.15) is 37.3 Å². The van der Waals surface area contributed by atoms with E-state index in [0.717, 1.165) is 55.5 Å². The lowest BCUT2D eigenvalue weighted by Crippen LogP contribution is -2.30. The summed E-state index contributed by atoms with van der Waals surface area (Å²) in [5, 5.41) is 0.0132. The second-order valence-corrected chi connectivity index (χ2v) is 9.41. The number of hydrogen-bond acceptors (Lipinski definition) is 5. The van der Waals surface area contributed by atoms with Gasteiger partial charge in [0.25, 0.3) is 0 Å². The number of nitrogens with zero attached hydrogens (tertiary/aromatic N) is 2. The Morgan fingerprint density at radius 2 is 1.62 bits per heavy atom. The summed E-state index contributed by atoms with van der Waals surface area (Å²) in [5.41, 5.74) is 3.00. The summed E-state index contributed by atoms with van der Waals surface area (Å²) in [7, 11) is -3.79. The number of sulfone groups is 1. The van der Waals surface area contributed by atoms with Gasteiger partial charge in [0.1, 0.15) is 0 Å². The molecular formula is C23H26N2O3S. The van der Waals surface area contributed by atoms with E-state index in [4.69, 9.17) is 4.42 Å². The summed E-state index contributed by atoms with van der Waals surface area (Å²) in [5.74, 6) is 0.703. The number of benzene rings is 2. The van der Waals surface area contributed by atoms with E-state index in [1.807, 2.05) is 55.1 Å². The van der Waals surface area contributed by atoms with E-state index in [1.165, 1.54) is 0 Å². The molecule has 1 aliphatic heterocycles. The van der Waals surface area contributed by atoms with Crippen LogP contribution in [0.4, 0.5) is 5.88 Å². The third-order valence-electron chi connectivity index (χ3n) is 5.42. The SMILES string of the molecule is CCc1ccc(S(=O)(=O)c2nc(-c3ccc(C)cc3)oc2N2CCCCC2)cc1. The zero-order valence-corrected chi connectivity index (χ0v) is 17.7. The van der Waals surface area contributed by atoms with Crippen molar-refractivity contribution in [3.63, 3.8) is 0 Å². The van der Waals surface area contributed by atoms with Crippen LogP contribution in [0.5, 0.6) is 0 Å². The average Bonchev–Trinajstić information content (AvgIpc) is 3.21. The van der Waals surface area contributed by atoms with Gasteiger partial charge < -0.3 is 9.32 Å². The van der Waals surface area contributed by atoms with Crippen LogP contribution in [0.25, 0.3) is 11.5 Å². The number of anilines is 1. The minimum Gasteiger partial charge on any atom is -0.419 e. The highest BCUT2D eigenvalue weighted by Crippen LogP contribution is 2.36. The molecule has 0 N–H and O–H groups in total. The number of aryl methyl sites for hydroxylation is 2. The standard InChI is InChI=1S/C23H26N2O3S/c1-3-18-9-13-20(14-10-18)29(26,27)22-23(25-15-5-4-6-16-25)28-21(24-22)19-11-7-17(2)8-12-19/h7-14H,3-6,15-16H2,1-2H3. The third kappa shape index (κ3) is 3.94. The van der Waals surface area contributed by atoms with Crippen molar-refractivity contribution in [2.75, 3.05) is 18.0 Å². The second kappa shape index (κ2) is 8.03. The fraction of sp³-hybridized carbons (Fsp3) is 0.348. The summed E-state index contributed by atoms with van der Waals surface area (Å²) in [6.45, 7) is 5.61. The first-order valence-corrected chi connectivity index (χ1v) is 11.6. The molecule has 0 bridgehead atoms. The zero-order valence-electron chi connectivity index (χ0n) is 16.9. The van der Waals surface area contributed by atoms with Crippen molar-refractivity contribution in [1.82, 2.24) is 4.98 Å². The fourth-order valence-electron chi connectivity index (χ4n) is 3.61. The lowest BCUT2D eigenvalue weighted by molar-refractivity contribution is 0.499. The van der Waals surface area contributed by atoms with Crippen molar-refractivity contribution in [2.24, 2.45) is 0 Å². The topological polar surface area (TPSA) is 63.4 Å². The normalized spacial score (nSPS) is 14.9. The monoisotopic (exact) mass is 410 g/mol. The van der Waals surface area contributed by atoms with Crippen LogP contribution in [0.3, 0.4) is 0 Å². The molecule has 2 heterocycles. The third-order valence-corrected chi connectivity index (χ3v) is 7.09. The van der Waals surface area contributed by atoms with E-state index < -0.39 is 9.84 Å². The van der Waals surface area contributed by atoms with Crippen LogP contribution >= 0.6 is 0 Å². The summed E-state index contributed by atoms with van der Waals surface area (Å²) < 4.78 is 33.0. The number of oxazole rings is 1. The van der Waals surface area contributed by atoms with Gasteiger partial charge in [-0.15, -0.1) is 0 Å². The maximum Gasteiger partial charge on any atom is 0.236 e. The lowest BCUT2D eigenvalue weighted by Gasteiger charge is -2.26. The van der Waals surface area contributed by atoms with E-state index in [9.17, 15) is 8.42 Å². The van der Waals surface area contributed by atoms with E-state index in [-0.39, 0.29) is 9.92 Å². The maximum atomic E-state index is 13.4. The average molecular weight is 411 g/mol. The Balaban J connectivity index is 1.82. The van der Waals surface area contributed by atoms with Gasteiger partial charge in [-0.05, 0) is 62.4 Å². The molecule has 152 valence electrons. The van der Waals surface area contributed by atoms with Gasteiger partial charge in [-0.25, -0.2) is 8.42 Å². The summed E-state index contributed by atoms with van der Waals surface area (Å²) in [6.07, 6.45) is 4.05. The van der Waals surface area contributed by atoms with Crippen molar-refractivity contribution < 1.29 is 12.8 Å². The number of rotatable bonds is 5. The molecule has 29 heavy (non-hydrogen) atoms. The molecule has 5 nitrogen and oxygen atoms in total. The Kier molecular flexibility index (Phi) is 5.46. The predicted molar refractivity (Wildman–Crippen MR) is 114 cm³/mol. The molecule has 0 amide bonds. The quantitative estimate of drug-likeness (QED) is 0.590. The number of piperidine rings is 1. The first-order valence-electron chi connectivity index (χ1n) is 10.2. The highest BCUT2D eigenvalue weighted by Gasteiger charge is 2.32. The Hall–Kier alpha value is -2.60. The van der Waals surface area contributed by atoms with Crippen molar-refractivity contribution in [3.05, 3.63) is 59.7 Å². The molecule has 0 atom stereocenters. The van der Waals surface area contributed by atoms with Crippen LogP contribution in [-0.4, -0.2) is 26.5 Å². The predicted octanol–water partition coefficient (Wildman–Crippen LogP) is 5.04. The van der Waals surface area contributed by atoms with Gasteiger partial charge in [0, 0.05) is 18.7 Å². The van der Waals surface area contributed by atoms with Crippen LogP contribution in [0.15, 0.2) is 62.9 Å². The highest BCUT2D eigenvalue weighted by molar-refractivity contribution is 7.91. The van der Waals surface area contributed by atoms with Crippen LogP contribution in [-0.2, 0) is 16.3 Å². The van der Waals surface area contributed by atoms with Gasteiger partial charge in [0.15, 0.2) is 0 Å². The molecule has 6 heteroatoms. The number of hydrogen-bond donors (Lipinski definition) is 0. The van der Waals surface area contributed by atoms with Crippen LogP contribution in [0, 0.1) is 6.92 Å². The molecule has 1 aromatic heterocycles. The largest absolute Gasteiger partial charge is 0.419 e. The van der Waals surface area contributed by atoms with Crippen LogP contribution < -0.4 is 4.90 Å². The smallest absolute Gasteiger partial charge is 0.236 e. The molecule has 0 aliphatic carbocycles. The summed E-state index contributed by atoms with van der Waals surface area (Å²) >= 11 is 0. The molecule has 0 saturated carbocycles. The molecule has 4 rings (SSSR count). The molecule has 3 aromatic rings. The number of aromatic nitrogens is 1. The lowest BCUT2D eigenvalue weighted by atomic mass is 10.1. The first kappa shape index (κ1) is 19.7. The molecule has 0 unspecified atom stereocenters. The van der Waals surface area contributed by atoms with E-state index in [1.54, 1.807) is 12.1 Å². The minimum absolute atomic E-state index is 0.0132. The highest BCUT2D eigenvalue weighted by atomic mass is 32.2. The molecule has 0 spiro atoms. The molecular weight excluding hydrogens is 384 g/mol. The fourth-order valence-corrected chi connectivity index (χ4v) is 4.93. The maximum absolute atomic E-state index is 13.4. The molecule has 1 aliphatic rings. The van der Waals surface area contributed by atoms with Gasteiger partial charge >= 0.3 is 0 Å².